The number of aromatic nitrogens is 2. The SMILES string of the molecule is C=C(SC)c1[nH]c2ncc(C)cc2c1/C(=C\N)c1cccc(S(=O)(=O)CC)c1. The van der Waals surface area contributed by atoms with Gasteiger partial charge in [0.05, 0.1) is 16.3 Å². The van der Waals surface area contributed by atoms with Crippen LogP contribution in [0.25, 0.3) is 21.5 Å². The molecule has 3 aromatic rings. The zero-order valence-electron chi connectivity index (χ0n) is 16.1. The number of hydrogen-bond donors (Lipinski definition) is 2. The van der Waals surface area contributed by atoms with Crippen molar-refractivity contribution in [1.82, 2.24) is 9.97 Å². The molecule has 0 aliphatic carbocycles. The zero-order chi connectivity index (χ0) is 20.5. The predicted molar refractivity (Wildman–Crippen MR) is 119 cm³/mol. The second-order valence-corrected chi connectivity index (χ2v) is 9.60. The average molecular weight is 414 g/mol. The summed E-state index contributed by atoms with van der Waals surface area (Å²) in [6, 6.07) is 8.93. The van der Waals surface area contributed by atoms with E-state index in [-0.39, 0.29) is 10.6 Å². The molecule has 0 aliphatic heterocycles. The fourth-order valence-corrected chi connectivity index (χ4v) is 4.40. The van der Waals surface area contributed by atoms with Crippen molar-refractivity contribution in [3.8, 4) is 0 Å². The summed E-state index contributed by atoms with van der Waals surface area (Å²) in [5.74, 6) is 0.0445. The van der Waals surface area contributed by atoms with Gasteiger partial charge in [-0.15, -0.1) is 11.8 Å². The van der Waals surface area contributed by atoms with Gasteiger partial charge in [0.1, 0.15) is 5.65 Å². The largest absolute Gasteiger partial charge is 0.404 e. The molecule has 0 radical (unpaired) electrons. The van der Waals surface area contributed by atoms with Crippen molar-refractivity contribution >= 4 is 43.1 Å². The molecule has 0 aliphatic rings. The van der Waals surface area contributed by atoms with Crippen molar-refractivity contribution in [3.63, 3.8) is 0 Å². The van der Waals surface area contributed by atoms with Crippen LogP contribution in [0.3, 0.4) is 0 Å². The van der Waals surface area contributed by atoms with E-state index in [9.17, 15) is 8.42 Å². The molecular formula is C21H23N3O2S2. The van der Waals surface area contributed by atoms with Crippen LogP contribution in [-0.2, 0) is 9.84 Å². The van der Waals surface area contributed by atoms with Gasteiger partial charge in [0, 0.05) is 33.8 Å². The van der Waals surface area contributed by atoms with E-state index >= 15 is 0 Å². The molecule has 28 heavy (non-hydrogen) atoms. The van der Waals surface area contributed by atoms with E-state index in [0.29, 0.717) is 0 Å². The molecule has 3 N–H and O–H groups in total. The second kappa shape index (κ2) is 7.85. The van der Waals surface area contributed by atoms with Gasteiger partial charge < -0.3 is 10.7 Å². The van der Waals surface area contributed by atoms with Crippen LogP contribution in [0.2, 0.25) is 0 Å². The number of aryl methyl sites for hydroxylation is 1. The van der Waals surface area contributed by atoms with Gasteiger partial charge in [0.15, 0.2) is 9.84 Å². The first-order chi connectivity index (χ1) is 13.3. The molecule has 0 saturated heterocycles. The van der Waals surface area contributed by atoms with Crippen molar-refractivity contribution in [2.45, 2.75) is 18.7 Å². The lowest BCUT2D eigenvalue weighted by Gasteiger charge is -2.12. The maximum Gasteiger partial charge on any atom is 0.178 e. The Hall–Kier alpha value is -2.51. The van der Waals surface area contributed by atoms with Gasteiger partial charge in [-0.25, -0.2) is 13.4 Å². The molecule has 0 bridgehead atoms. The summed E-state index contributed by atoms with van der Waals surface area (Å²) in [5.41, 5.74) is 11.0. The Morgan fingerprint density at radius 3 is 2.75 bits per heavy atom. The number of rotatable bonds is 6. The molecule has 0 fully saturated rings. The van der Waals surface area contributed by atoms with Gasteiger partial charge >= 0.3 is 0 Å². The van der Waals surface area contributed by atoms with Gasteiger partial charge in [0.2, 0.25) is 0 Å². The molecule has 2 aromatic heterocycles. The van der Waals surface area contributed by atoms with Crippen molar-refractivity contribution in [2.24, 2.45) is 5.73 Å². The number of nitrogens with one attached hydrogen (secondary N) is 1. The molecule has 2 heterocycles. The quantitative estimate of drug-likeness (QED) is 0.627. The number of sulfone groups is 1. The average Bonchev–Trinajstić information content (AvgIpc) is 3.07. The molecular weight excluding hydrogens is 390 g/mol. The second-order valence-electron chi connectivity index (χ2n) is 6.42. The first-order valence-electron chi connectivity index (χ1n) is 8.79. The van der Waals surface area contributed by atoms with E-state index < -0.39 is 9.84 Å². The Balaban J connectivity index is 2.30. The van der Waals surface area contributed by atoms with E-state index in [0.717, 1.165) is 43.9 Å². The summed E-state index contributed by atoms with van der Waals surface area (Å²) in [6.45, 7) is 7.76. The normalized spacial score (nSPS) is 12.5. The minimum Gasteiger partial charge on any atom is -0.404 e. The van der Waals surface area contributed by atoms with E-state index in [1.54, 1.807) is 31.3 Å². The van der Waals surface area contributed by atoms with Gasteiger partial charge in [-0.3, -0.25) is 0 Å². The smallest absolute Gasteiger partial charge is 0.178 e. The highest BCUT2D eigenvalue weighted by atomic mass is 32.2. The van der Waals surface area contributed by atoms with Crippen LogP contribution in [0.4, 0.5) is 0 Å². The number of pyridine rings is 1. The van der Waals surface area contributed by atoms with Crippen molar-refractivity contribution < 1.29 is 8.42 Å². The number of fused-ring (bicyclic) bond motifs is 1. The highest BCUT2D eigenvalue weighted by molar-refractivity contribution is 8.07. The number of hydrogen-bond acceptors (Lipinski definition) is 5. The highest BCUT2D eigenvalue weighted by Crippen LogP contribution is 2.38. The number of nitrogens with two attached hydrogens (primary N) is 1. The van der Waals surface area contributed by atoms with Gasteiger partial charge in [-0.1, -0.05) is 25.6 Å². The lowest BCUT2D eigenvalue weighted by atomic mass is 9.96. The van der Waals surface area contributed by atoms with E-state index in [1.807, 2.05) is 25.3 Å². The summed E-state index contributed by atoms with van der Waals surface area (Å²) >= 11 is 1.53. The Morgan fingerprint density at radius 1 is 1.36 bits per heavy atom. The molecule has 1 aromatic carbocycles. The maximum absolute atomic E-state index is 12.3. The minimum absolute atomic E-state index is 0.0445. The summed E-state index contributed by atoms with van der Waals surface area (Å²) in [5, 5.41) is 0.922. The summed E-state index contributed by atoms with van der Waals surface area (Å²) in [7, 11) is -3.32. The standard InChI is InChI=1S/C21H23N3O2S2/c1-5-28(25,26)16-8-6-7-15(10-16)18(11-22)19-17-9-13(2)12-23-21(17)24-20(19)14(3)27-4/h6-12H,3,5,22H2,1-2,4H3,(H,23,24)/b18-11-. The molecule has 5 nitrogen and oxygen atoms in total. The Bertz CT molecular complexity index is 1190. The lowest BCUT2D eigenvalue weighted by molar-refractivity contribution is 0.597. The number of thioether (sulfide) groups is 1. The molecule has 0 atom stereocenters. The molecule has 3 rings (SSSR count). The zero-order valence-corrected chi connectivity index (χ0v) is 17.7. The van der Waals surface area contributed by atoms with E-state index in [1.165, 1.54) is 18.0 Å². The number of nitrogens with zero attached hydrogens (tertiary/aromatic N) is 1. The summed E-state index contributed by atoms with van der Waals surface area (Å²) in [4.78, 5) is 8.96. The maximum atomic E-state index is 12.3. The van der Waals surface area contributed by atoms with Crippen LogP contribution in [0.15, 0.2) is 54.2 Å². The van der Waals surface area contributed by atoms with Crippen LogP contribution in [0, 0.1) is 6.92 Å². The van der Waals surface area contributed by atoms with Crippen molar-refractivity contribution in [1.29, 1.82) is 0 Å². The third kappa shape index (κ3) is 3.59. The van der Waals surface area contributed by atoms with Crippen LogP contribution in [0.5, 0.6) is 0 Å². The van der Waals surface area contributed by atoms with Crippen molar-refractivity contribution in [2.75, 3.05) is 12.0 Å². The molecule has 0 saturated carbocycles. The minimum atomic E-state index is -3.32. The van der Waals surface area contributed by atoms with E-state index in [2.05, 4.69) is 16.5 Å². The number of H-pyrrole nitrogens is 1. The lowest BCUT2D eigenvalue weighted by Crippen LogP contribution is -2.04. The van der Waals surface area contributed by atoms with E-state index in [4.69, 9.17) is 5.73 Å². The van der Waals surface area contributed by atoms with Crippen LogP contribution in [-0.4, -0.2) is 30.4 Å². The first kappa shape index (κ1) is 20.2. The van der Waals surface area contributed by atoms with Crippen LogP contribution < -0.4 is 5.73 Å². The topological polar surface area (TPSA) is 88.8 Å². The molecule has 146 valence electrons. The van der Waals surface area contributed by atoms with Gasteiger partial charge in [-0.2, -0.15) is 0 Å². The molecule has 0 spiro atoms. The third-order valence-corrected chi connectivity index (χ3v) is 7.06. The third-order valence-electron chi connectivity index (χ3n) is 4.63. The van der Waals surface area contributed by atoms with Crippen LogP contribution in [0.1, 0.15) is 29.3 Å². The monoisotopic (exact) mass is 413 g/mol. The molecule has 0 unspecified atom stereocenters. The Morgan fingerprint density at radius 2 is 2.11 bits per heavy atom. The fourth-order valence-electron chi connectivity index (χ4n) is 3.11. The Labute approximate surface area is 169 Å². The predicted octanol–water partition coefficient (Wildman–Crippen LogP) is 4.35. The van der Waals surface area contributed by atoms with Crippen molar-refractivity contribution in [3.05, 3.63) is 71.7 Å². The number of aromatic amines is 1. The molecule has 7 heteroatoms. The first-order valence-corrected chi connectivity index (χ1v) is 11.7. The Kier molecular flexibility index (Phi) is 5.67. The summed E-state index contributed by atoms with van der Waals surface area (Å²) < 4.78 is 24.7. The van der Waals surface area contributed by atoms with Gasteiger partial charge in [0.25, 0.3) is 0 Å². The summed E-state index contributed by atoms with van der Waals surface area (Å²) in [6.07, 6.45) is 5.27. The molecule has 0 amide bonds. The highest BCUT2D eigenvalue weighted by Gasteiger charge is 2.21. The van der Waals surface area contributed by atoms with Gasteiger partial charge in [-0.05, 0) is 42.5 Å². The fraction of sp³-hybridized carbons (Fsp3) is 0.190. The number of benzene rings is 1. The van der Waals surface area contributed by atoms with Crippen LogP contribution >= 0.6 is 11.8 Å².